The maximum absolute atomic E-state index is 13.8. The van der Waals surface area contributed by atoms with Gasteiger partial charge in [-0.15, -0.1) is 0 Å². The third-order valence-corrected chi connectivity index (χ3v) is 7.37. The summed E-state index contributed by atoms with van der Waals surface area (Å²) in [7, 11) is 0. The molecule has 2 aliphatic rings. The van der Waals surface area contributed by atoms with Crippen molar-refractivity contribution in [1.29, 1.82) is 0 Å². The second kappa shape index (κ2) is 9.45. The highest BCUT2D eigenvalue weighted by Crippen LogP contribution is 2.48. The second-order valence-electron chi connectivity index (χ2n) is 9.74. The largest absolute Gasteiger partial charge is 0.369 e. The molecule has 2 fully saturated rings. The predicted octanol–water partition coefficient (Wildman–Crippen LogP) is 6.13. The van der Waals surface area contributed by atoms with Crippen LogP contribution in [0.2, 0.25) is 10.0 Å². The van der Waals surface area contributed by atoms with Crippen LogP contribution in [0.15, 0.2) is 42.5 Å². The standard InChI is InChI=1S/C27H29Cl2N5O2/c1-15(2)34-23(12-25(31-34)30-16(3)35)17-8-9-22(24(11-17)33-13-18-10-19(18)14-33)32(4)27(36)26-20(28)6-5-7-21(26)29/h5-9,11-12,15,18-19H,10,13-14H2,1-4H3,(H,30,31,35)/i4D3. The number of carbonyl (C=O) groups excluding carboxylic acids is 2. The number of hydrogen-bond donors (Lipinski definition) is 1. The monoisotopic (exact) mass is 528 g/mol. The van der Waals surface area contributed by atoms with Crippen LogP contribution in [0, 0.1) is 11.8 Å². The number of rotatable bonds is 6. The number of amides is 2. The van der Waals surface area contributed by atoms with Crippen molar-refractivity contribution in [2.24, 2.45) is 11.8 Å². The van der Waals surface area contributed by atoms with Crippen LogP contribution in [-0.2, 0) is 4.79 Å². The van der Waals surface area contributed by atoms with E-state index in [1.807, 2.05) is 24.6 Å². The van der Waals surface area contributed by atoms with Crippen molar-refractivity contribution in [2.45, 2.75) is 33.2 Å². The number of fused-ring (bicyclic) bond motifs is 1. The third kappa shape index (κ3) is 4.58. The van der Waals surface area contributed by atoms with Gasteiger partial charge in [-0.25, -0.2) is 0 Å². The minimum atomic E-state index is -2.81. The predicted molar refractivity (Wildman–Crippen MR) is 145 cm³/mol. The summed E-state index contributed by atoms with van der Waals surface area (Å²) in [6.45, 7) is 4.14. The van der Waals surface area contributed by atoms with Crippen LogP contribution < -0.4 is 15.1 Å². The highest BCUT2D eigenvalue weighted by atomic mass is 35.5. The zero-order chi connectivity index (χ0) is 28.2. The maximum Gasteiger partial charge on any atom is 0.261 e. The Bertz CT molecular complexity index is 1430. The number of halogens is 2. The van der Waals surface area contributed by atoms with E-state index < -0.39 is 12.9 Å². The van der Waals surface area contributed by atoms with Crippen LogP contribution in [0.4, 0.5) is 17.2 Å². The quantitative estimate of drug-likeness (QED) is 0.417. The molecule has 1 aliphatic heterocycles. The summed E-state index contributed by atoms with van der Waals surface area (Å²) in [5.41, 5.74) is 2.35. The summed E-state index contributed by atoms with van der Waals surface area (Å²) in [4.78, 5) is 28.4. The lowest BCUT2D eigenvalue weighted by molar-refractivity contribution is -0.114. The normalized spacial score (nSPS) is 19.9. The molecule has 36 heavy (non-hydrogen) atoms. The van der Waals surface area contributed by atoms with E-state index in [9.17, 15) is 9.59 Å². The molecule has 9 heteroatoms. The molecule has 5 rings (SSSR count). The van der Waals surface area contributed by atoms with E-state index in [0.29, 0.717) is 23.3 Å². The van der Waals surface area contributed by atoms with E-state index in [4.69, 9.17) is 27.3 Å². The molecule has 1 N–H and O–H groups in total. The number of nitrogens with one attached hydrogen (secondary N) is 1. The molecule has 1 saturated carbocycles. The van der Waals surface area contributed by atoms with Gasteiger partial charge in [-0.1, -0.05) is 35.3 Å². The Morgan fingerprint density at radius 2 is 1.83 bits per heavy atom. The Labute approximate surface area is 225 Å². The highest BCUT2D eigenvalue weighted by molar-refractivity contribution is 6.40. The average molecular weight is 529 g/mol. The molecule has 188 valence electrons. The Morgan fingerprint density at radius 1 is 1.14 bits per heavy atom. The molecule has 3 aromatic rings. The summed E-state index contributed by atoms with van der Waals surface area (Å²) in [5, 5.41) is 7.43. The molecule has 2 atom stereocenters. The van der Waals surface area contributed by atoms with Gasteiger partial charge in [0.1, 0.15) is 0 Å². The maximum atomic E-state index is 13.8. The van der Waals surface area contributed by atoms with Gasteiger partial charge in [0.05, 0.1) is 32.7 Å². The smallest absolute Gasteiger partial charge is 0.261 e. The first-order valence-electron chi connectivity index (χ1n) is 13.4. The fourth-order valence-electron chi connectivity index (χ4n) is 4.89. The van der Waals surface area contributed by atoms with Gasteiger partial charge < -0.3 is 15.1 Å². The number of benzene rings is 2. The number of hydrogen-bond acceptors (Lipinski definition) is 4. The molecule has 7 nitrogen and oxygen atoms in total. The fourth-order valence-corrected chi connectivity index (χ4v) is 5.45. The van der Waals surface area contributed by atoms with E-state index in [-0.39, 0.29) is 33.2 Å². The summed E-state index contributed by atoms with van der Waals surface area (Å²) < 4.78 is 26.8. The molecule has 1 aliphatic carbocycles. The second-order valence-corrected chi connectivity index (χ2v) is 10.6. The number of piperidine rings is 1. The Kier molecular flexibility index (Phi) is 5.54. The number of carbonyl (C=O) groups is 2. The lowest BCUT2D eigenvalue weighted by Gasteiger charge is -2.29. The van der Waals surface area contributed by atoms with Gasteiger partial charge in [-0.2, -0.15) is 5.10 Å². The molecular weight excluding hydrogens is 497 g/mol. The topological polar surface area (TPSA) is 70.5 Å². The first-order chi connectivity index (χ1) is 18.3. The van der Waals surface area contributed by atoms with Crippen molar-refractivity contribution >= 4 is 52.2 Å². The van der Waals surface area contributed by atoms with Gasteiger partial charge in [0.2, 0.25) is 5.91 Å². The van der Waals surface area contributed by atoms with Gasteiger partial charge in [0.15, 0.2) is 5.82 Å². The van der Waals surface area contributed by atoms with Crippen LogP contribution in [0.3, 0.4) is 0 Å². The van der Waals surface area contributed by atoms with Crippen LogP contribution in [-0.4, -0.2) is 41.7 Å². The van der Waals surface area contributed by atoms with Crippen molar-refractivity contribution in [2.75, 3.05) is 35.2 Å². The SMILES string of the molecule is [2H]C([2H])([2H])N(C(=O)c1c(Cl)cccc1Cl)c1ccc(-c2cc(NC(C)=O)nn2C(C)C)cc1N1CC2CC2C1. The Balaban J connectivity index is 1.66. The zero-order valence-electron chi connectivity index (χ0n) is 23.3. The first kappa shape index (κ1) is 21.1. The van der Waals surface area contributed by atoms with E-state index in [1.54, 1.807) is 24.3 Å². The molecule has 2 aromatic carbocycles. The number of aromatic nitrogens is 2. The Hall–Kier alpha value is -3.03. The minimum absolute atomic E-state index is 0.00659. The van der Waals surface area contributed by atoms with E-state index in [2.05, 4.69) is 15.3 Å². The average Bonchev–Trinajstić information content (AvgIpc) is 3.23. The summed E-state index contributed by atoms with van der Waals surface area (Å²) in [6, 6.07) is 11.7. The molecular formula is C27H29Cl2N5O2. The fraction of sp³-hybridized carbons (Fsp3) is 0.370. The Morgan fingerprint density at radius 3 is 2.44 bits per heavy atom. The van der Waals surface area contributed by atoms with Gasteiger partial charge >= 0.3 is 0 Å². The van der Waals surface area contributed by atoms with Crippen molar-refractivity contribution in [1.82, 2.24) is 9.78 Å². The van der Waals surface area contributed by atoms with Crippen LogP contribution in [0.5, 0.6) is 0 Å². The highest BCUT2D eigenvalue weighted by Gasteiger charge is 2.45. The van der Waals surface area contributed by atoms with E-state index >= 15 is 0 Å². The van der Waals surface area contributed by atoms with Crippen LogP contribution in [0.25, 0.3) is 11.3 Å². The molecule has 0 spiro atoms. The van der Waals surface area contributed by atoms with Crippen molar-refractivity contribution in [3.8, 4) is 11.3 Å². The number of anilines is 3. The van der Waals surface area contributed by atoms with Gasteiger partial charge in [0.25, 0.3) is 5.91 Å². The minimum Gasteiger partial charge on any atom is -0.369 e. The summed E-state index contributed by atoms with van der Waals surface area (Å²) in [6.07, 6.45) is 1.16. The van der Waals surface area contributed by atoms with Gasteiger partial charge in [0, 0.05) is 48.8 Å². The van der Waals surface area contributed by atoms with Crippen molar-refractivity contribution in [3.63, 3.8) is 0 Å². The lowest BCUT2D eigenvalue weighted by Crippen LogP contribution is -2.30. The first-order valence-corrected chi connectivity index (χ1v) is 12.7. The third-order valence-electron chi connectivity index (χ3n) is 6.74. The molecule has 0 bridgehead atoms. The van der Waals surface area contributed by atoms with Gasteiger partial charge in [-0.05, 0) is 56.4 Å². The van der Waals surface area contributed by atoms with E-state index in [0.717, 1.165) is 35.7 Å². The summed E-state index contributed by atoms with van der Waals surface area (Å²) >= 11 is 12.6. The van der Waals surface area contributed by atoms with Crippen LogP contribution in [0.1, 0.15) is 47.7 Å². The molecule has 2 heterocycles. The number of nitrogens with zero attached hydrogens (tertiary/aromatic N) is 4. The molecule has 2 unspecified atom stereocenters. The molecule has 2 amide bonds. The van der Waals surface area contributed by atoms with E-state index in [1.165, 1.54) is 19.1 Å². The van der Waals surface area contributed by atoms with Gasteiger partial charge in [-0.3, -0.25) is 14.3 Å². The lowest BCUT2D eigenvalue weighted by atomic mass is 10.1. The van der Waals surface area contributed by atoms with Crippen molar-refractivity contribution in [3.05, 3.63) is 58.1 Å². The molecule has 1 aromatic heterocycles. The molecule has 0 radical (unpaired) electrons. The zero-order valence-corrected chi connectivity index (χ0v) is 21.8. The van der Waals surface area contributed by atoms with Crippen molar-refractivity contribution < 1.29 is 13.7 Å². The van der Waals surface area contributed by atoms with Crippen LogP contribution >= 0.6 is 23.2 Å². The molecule has 1 saturated heterocycles. The summed E-state index contributed by atoms with van der Waals surface area (Å²) in [5.74, 6) is 0.511.